The van der Waals surface area contributed by atoms with Gasteiger partial charge in [-0.2, -0.15) is 39.5 Å². The Morgan fingerprint density at radius 1 is 1.00 bits per heavy atom. The summed E-state index contributed by atoms with van der Waals surface area (Å²) in [5.74, 6) is -2.60. The van der Waals surface area contributed by atoms with Crippen LogP contribution in [0.2, 0.25) is 5.02 Å². The molecule has 0 saturated carbocycles. The van der Waals surface area contributed by atoms with Crippen molar-refractivity contribution in [1.29, 1.82) is 0 Å². The van der Waals surface area contributed by atoms with Crippen LogP contribution in [0, 0.1) is 5.82 Å². The van der Waals surface area contributed by atoms with Crippen molar-refractivity contribution in [3.63, 3.8) is 0 Å². The molecule has 6 nitrogen and oxygen atoms in total. The number of nitrogens with zero attached hydrogens (tertiary/aromatic N) is 1. The van der Waals surface area contributed by atoms with Crippen LogP contribution < -0.4 is 10.6 Å². The van der Waals surface area contributed by atoms with Gasteiger partial charge in [0.2, 0.25) is 0 Å². The number of halogens is 11. The third-order valence-electron chi connectivity index (χ3n) is 7.02. The Morgan fingerprint density at radius 3 is 2.32 bits per heavy atom. The molecule has 0 aliphatic carbocycles. The van der Waals surface area contributed by atoms with Gasteiger partial charge in [0, 0.05) is 29.7 Å². The van der Waals surface area contributed by atoms with Gasteiger partial charge in [-0.3, -0.25) is 10.1 Å². The summed E-state index contributed by atoms with van der Waals surface area (Å²) < 4.78 is 140. The van der Waals surface area contributed by atoms with Crippen molar-refractivity contribution in [2.24, 2.45) is 5.16 Å². The molecular weight excluding hydrogens is 640 g/mol. The number of rotatable bonds is 7. The summed E-state index contributed by atoms with van der Waals surface area (Å²) in [7, 11) is 0. The van der Waals surface area contributed by atoms with Crippen molar-refractivity contribution in [3.05, 3.63) is 81.6 Å². The van der Waals surface area contributed by atoms with E-state index in [1.807, 2.05) is 0 Å². The fourth-order valence-electron chi connectivity index (χ4n) is 4.81. The molecule has 3 atom stereocenters. The third-order valence-corrected chi connectivity index (χ3v) is 7.29. The molecule has 17 heteroatoms. The van der Waals surface area contributed by atoms with Gasteiger partial charge in [0.25, 0.3) is 11.5 Å². The molecule has 2 aliphatic heterocycles. The first-order valence-electron chi connectivity index (χ1n) is 12.6. The van der Waals surface area contributed by atoms with Gasteiger partial charge >= 0.3 is 18.5 Å². The van der Waals surface area contributed by atoms with Gasteiger partial charge < -0.3 is 14.9 Å². The highest BCUT2D eigenvalue weighted by Crippen LogP contribution is 2.51. The third kappa shape index (κ3) is 6.15. The summed E-state index contributed by atoms with van der Waals surface area (Å²) in [6.45, 7) is -1.42. The second-order valence-corrected chi connectivity index (χ2v) is 10.4. The minimum atomic E-state index is -5.36. The Kier molecular flexibility index (Phi) is 7.99. The summed E-state index contributed by atoms with van der Waals surface area (Å²) in [6, 6.07) is 8.93. The second-order valence-electron chi connectivity index (χ2n) is 9.96. The van der Waals surface area contributed by atoms with Crippen molar-refractivity contribution < 1.29 is 58.3 Å². The molecule has 0 spiro atoms. The second kappa shape index (κ2) is 11.1. The number of oxime groups is 1. The lowest BCUT2D eigenvalue weighted by molar-refractivity contribution is -0.276. The molecule has 3 aromatic rings. The van der Waals surface area contributed by atoms with Crippen LogP contribution in [-0.4, -0.2) is 49.4 Å². The number of amides is 1. The minimum Gasteiger partial charge on any atom is -0.374 e. The van der Waals surface area contributed by atoms with E-state index < -0.39 is 77.3 Å². The molecule has 3 aromatic carbocycles. The van der Waals surface area contributed by atoms with Crippen molar-refractivity contribution in [2.75, 3.05) is 13.1 Å². The predicted octanol–water partition coefficient (Wildman–Crippen LogP) is 6.84. The Morgan fingerprint density at radius 2 is 1.68 bits per heavy atom. The average Bonchev–Trinajstić information content (AvgIpc) is 3.53. The number of fused-ring (bicyclic) bond motifs is 1. The van der Waals surface area contributed by atoms with Crippen molar-refractivity contribution in [1.82, 2.24) is 10.6 Å². The number of hydrogen-bond acceptors (Lipinski definition) is 5. The molecule has 2 N–H and O–H groups in total. The van der Waals surface area contributed by atoms with E-state index in [2.05, 4.69) is 15.8 Å². The lowest BCUT2D eigenvalue weighted by Gasteiger charge is -2.30. The van der Waals surface area contributed by atoms with Crippen LogP contribution in [0.25, 0.3) is 10.8 Å². The molecule has 1 fully saturated rings. The molecule has 1 saturated heterocycles. The van der Waals surface area contributed by atoms with E-state index in [0.717, 1.165) is 0 Å². The monoisotopic (exact) mass is 657 g/mol. The highest BCUT2D eigenvalue weighted by molar-refractivity contribution is 6.31. The quantitative estimate of drug-likeness (QED) is 0.216. The largest absolute Gasteiger partial charge is 0.435 e. The molecule has 0 aromatic heterocycles. The molecule has 1 amide bonds. The van der Waals surface area contributed by atoms with Gasteiger partial charge in [0.05, 0.1) is 22.8 Å². The predicted molar refractivity (Wildman–Crippen MR) is 135 cm³/mol. The fourth-order valence-corrected chi connectivity index (χ4v) is 5.03. The number of epoxide rings is 1. The summed E-state index contributed by atoms with van der Waals surface area (Å²) in [5.41, 5.74) is -6.78. The number of carbonyl (C=O) groups is 1. The summed E-state index contributed by atoms with van der Waals surface area (Å²) in [5, 5.41) is 7.51. The first kappa shape index (κ1) is 31.8. The standard InChI is InChI=1S/C27H18ClF10N3O3/c28-18-8-12(7-17(21(18)29)26(33,34)35)24(27(36,37)38)9-19(41-44-24)15-5-6-16(14-4-2-1-3-13(14)15)22(42)39-10-20-23(43-20)40-11-25(30,31)32/h1-8,20,23,40H,9-11H2,(H,39,42)/t20?,23?,24-/m0/s1. The topological polar surface area (TPSA) is 75.3 Å². The number of alkyl halides is 9. The number of nitrogens with one attached hydrogen (secondary N) is 2. The van der Waals surface area contributed by atoms with E-state index >= 15 is 0 Å². The van der Waals surface area contributed by atoms with Crippen molar-refractivity contribution in [2.45, 2.75) is 42.9 Å². The van der Waals surface area contributed by atoms with E-state index in [1.54, 1.807) is 0 Å². The van der Waals surface area contributed by atoms with Crippen LogP contribution in [0.15, 0.2) is 53.7 Å². The Bertz CT molecular complexity index is 1640. The lowest BCUT2D eigenvalue weighted by atomic mass is 9.84. The van der Waals surface area contributed by atoms with Crippen LogP contribution in [0.4, 0.5) is 43.9 Å². The van der Waals surface area contributed by atoms with Gasteiger partial charge in [0.1, 0.15) is 12.3 Å². The number of ether oxygens (including phenoxy) is 1. The maximum Gasteiger partial charge on any atom is 0.435 e. The zero-order valence-corrected chi connectivity index (χ0v) is 22.5. The summed E-state index contributed by atoms with van der Waals surface area (Å²) in [6.07, 6.45) is -17.9. The maximum absolute atomic E-state index is 14.5. The van der Waals surface area contributed by atoms with Gasteiger partial charge in [-0.25, -0.2) is 4.39 Å². The molecule has 2 heterocycles. The summed E-state index contributed by atoms with van der Waals surface area (Å²) in [4.78, 5) is 17.7. The summed E-state index contributed by atoms with van der Waals surface area (Å²) >= 11 is 5.56. The lowest BCUT2D eigenvalue weighted by Crippen LogP contribution is -2.43. The zero-order valence-electron chi connectivity index (χ0n) is 21.7. The molecular formula is C27H18ClF10N3O3. The van der Waals surface area contributed by atoms with Crippen LogP contribution in [-0.2, 0) is 21.4 Å². The van der Waals surface area contributed by atoms with Crippen LogP contribution in [0.5, 0.6) is 0 Å². The van der Waals surface area contributed by atoms with Gasteiger partial charge in [-0.15, -0.1) is 0 Å². The van der Waals surface area contributed by atoms with E-state index in [9.17, 15) is 48.7 Å². The normalized spacial score (nSPS) is 22.1. The molecule has 2 unspecified atom stereocenters. The van der Waals surface area contributed by atoms with Crippen LogP contribution in [0.1, 0.15) is 33.5 Å². The molecule has 5 rings (SSSR count). The first-order valence-corrected chi connectivity index (χ1v) is 12.9. The van der Waals surface area contributed by atoms with Crippen LogP contribution in [0.3, 0.4) is 0 Å². The highest BCUT2D eigenvalue weighted by Gasteiger charge is 2.63. The van der Waals surface area contributed by atoms with E-state index in [1.165, 1.54) is 36.4 Å². The van der Waals surface area contributed by atoms with E-state index in [4.69, 9.17) is 21.2 Å². The van der Waals surface area contributed by atoms with Crippen molar-refractivity contribution in [3.8, 4) is 0 Å². The Hall–Kier alpha value is -3.63. The molecule has 0 bridgehead atoms. The van der Waals surface area contributed by atoms with Crippen LogP contribution >= 0.6 is 11.6 Å². The van der Waals surface area contributed by atoms with Gasteiger partial charge in [-0.05, 0) is 29.0 Å². The number of benzene rings is 3. The molecule has 0 radical (unpaired) electrons. The minimum absolute atomic E-state index is 0.0223. The Labute approximate surface area is 245 Å². The average molecular weight is 658 g/mol. The first-order chi connectivity index (χ1) is 20.4. The zero-order chi connectivity index (χ0) is 32.2. The molecule has 236 valence electrons. The number of hydrogen-bond donors (Lipinski definition) is 2. The Balaban J connectivity index is 1.41. The SMILES string of the molecule is O=C(NCC1OC1NCC(F)(F)F)c1ccc(C2=NO[C@@](c3cc(Cl)c(F)c(C(F)(F)F)c3)(C(F)(F)F)C2)c2ccccc12. The number of carbonyl (C=O) groups excluding carboxylic acids is 1. The van der Waals surface area contributed by atoms with E-state index in [0.29, 0.717) is 6.07 Å². The van der Waals surface area contributed by atoms with Crippen molar-refractivity contribution >= 4 is 34.0 Å². The maximum atomic E-state index is 14.5. The van der Waals surface area contributed by atoms with Gasteiger partial charge in [0.15, 0.2) is 5.82 Å². The smallest absolute Gasteiger partial charge is 0.374 e. The molecule has 2 aliphatic rings. The van der Waals surface area contributed by atoms with Gasteiger partial charge in [-0.1, -0.05) is 47.1 Å². The van der Waals surface area contributed by atoms with E-state index in [-0.39, 0.29) is 40.2 Å². The highest BCUT2D eigenvalue weighted by atomic mass is 35.5. The fraction of sp³-hybridized carbons (Fsp3) is 0.333. The molecule has 44 heavy (non-hydrogen) atoms.